The van der Waals surface area contributed by atoms with E-state index in [1.54, 1.807) is 23.5 Å². The summed E-state index contributed by atoms with van der Waals surface area (Å²) in [6.07, 6.45) is 2.69. The molecule has 6 nitrogen and oxygen atoms in total. The van der Waals surface area contributed by atoms with Gasteiger partial charge >= 0.3 is 0 Å². The molecule has 1 amide bonds. The molecule has 1 N–H and O–H groups in total. The summed E-state index contributed by atoms with van der Waals surface area (Å²) < 4.78 is 31.8. The van der Waals surface area contributed by atoms with Gasteiger partial charge in [-0.3, -0.25) is 4.79 Å². The van der Waals surface area contributed by atoms with Gasteiger partial charge < -0.3 is 10.1 Å². The summed E-state index contributed by atoms with van der Waals surface area (Å²) in [5.74, 6) is 0.173. The van der Waals surface area contributed by atoms with Crippen molar-refractivity contribution >= 4 is 15.9 Å². The summed E-state index contributed by atoms with van der Waals surface area (Å²) in [4.78, 5) is 12.2. The molecule has 1 atom stereocenters. The van der Waals surface area contributed by atoms with E-state index in [2.05, 4.69) is 12.2 Å². The first-order chi connectivity index (χ1) is 11.4. The summed E-state index contributed by atoms with van der Waals surface area (Å²) in [5, 5.41) is 2.78. The zero-order valence-corrected chi connectivity index (χ0v) is 15.1. The third-order valence-electron chi connectivity index (χ3n) is 4.18. The molecule has 7 heteroatoms. The van der Waals surface area contributed by atoms with Gasteiger partial charge in [0.2, 0.25) is 10.0 Å². The van der Waals surface area contributed by atoms with Crippen molar-refractivity contribution in [3.05, 3.63) is 29.8 Å². The quantitative estimate of drug-likeness (QED) is 0.759. The monoisotopic (exact) mass is 354 g/mol. The van der Waals surface area contributed by atoms with Gasteiger partial charge in [-0.1, -0.05) is 6.92 Å². The minimum Gasteiger partial charge on any atom is -0.385 e. The Bertz CT molecular complexity index is 643. The lowest BCUT2D eigenvalue weighted by Crippen LogP contribution is -2.39. The molecule has 1 fully saturated rings. The number of ether oxygens (including phenoxy) is 1. The van der Waals surface area contributed by atoms with Crippen LogP contribution >= 0.6 is 0 Å². The van der Waals surface area contributed by atoms with Crippen molar-refractivity contribution in [2.24, 2.45) is 5.92 Å². The van der Waals surface area contributed by atoms with Crippen LogP contribution in [-0.4, -0.2) is 52.0 Å². The van der Waals surface area contributed by atoms with Gasteiger partial charge in [-0.2, -0.15) is 4.31 Å². The van der Waals surface area contributed by atoms with Gasteiger partial charge in [0.15, 0.2) is 0 Å². The smallest absolute Gasteiger partial charge is 0.251 e. The van der Waals surface area contributed by atoms with Crippen molar-refractivity contribution in [2.45, 2.75) is 31.1 Å². The Kier molecular flexibility index (Phi) is 6.77. The molecule has 1 aromatic rings. The molecule has 2 rings (SSSR count). The molecule has 0 aromatic heterocycles. The molecule has 1 heterocycles. The summed E-state index contributed by atoms with van der Waals surface area (Å²) in [6, 6.07) is 6.15. The van der Waals surface area contributed by atoms with Crippen LogP contribution in [0.25, 0.3) is 0 Å². The van der Waals surface area contributed by atoms with E-state index in [4.69, 9.17) is 4.74 Å². The van der Waals surface area contributed by atoms with Crippen molar-refractivity contribution in [1.82, 2.24) is 9.62 Å². The number of piperidine rings is 1. The van der Waals surface area contributed by atoms with E-state index in [1.165, 1.54) is 12.1 Å². The van der Waals surface area contributed by atoms with E-state index in [-0.39, 0.29) is 10.8 Å². The van der Waals surface area contributed by atoms with Crippen molar-refractivity contribution in [1.29, 1.82) is 0 Å². The Morgan fingerprint density at radius 2 is 2.04 bits per heavy atom. The molecule has 0 spiro atoms. The number of carbonyl (C=O) groups is 1. The first-order valence-electron chi connectivity index (χ1n) is 8.32. The van der Waals surface area contributed by atoms with Crippen molar-refractivity contribution in [3.63, 3.8) is 0 Å². The molecule has 1 unspecified atom stereocenters. The summed E-state index contributed by atoms with van der Waals surface area (Å²) in [6.45, 7) is 4.31. The van der Waals surface area contributed by atoms with Crippen LogP contribution < -0.4 is 5.32 Å². The first-order valence-corrected chi connectivity index (χ1v) is 9.76. The normalized spacial score (nSPS) is 19.2. The number of rotatable bonds is 7. The highest BCUT2D eigenvalue weighted by Gasteiger charge is 2.28. The Hall–Kier alpha value is -1.44. The number of carbonyl (C=O) groups excluding carboxylic acids is 1. The lowest BCUT2D eigenvalue weighted by atomic mass is 10.0. The first kappa shape index (κ1) is 18.9. The number of methoxy groups -OCH3 is 1. The maximum atomic E-state index is 12.7. The Morgan fingerprint density at radius 1 is 1.33 bits per heavy atom. The molecule has 24 heavy (non-hydrogen) atoms. The van der Waals surface area contributed by atoms with Crippen LogP contribution in [-0.2, 0) is 14.8 Å². The van der Waals surface area contributed by atoms with Crippen LogP contribution in [0.15, 0.2) is 29.2 Å². The van der Waals surface area contributed by atoms with Crippen LogP contribution in [0.2, 0.25) is 0 Å². The molecule has 1 aliphatic heterocycles. The molecule has 1 aliphatic rings. The number of nitrogens with one attached hydrogen (secondary N) is 1. The van der Waals surface area contributed by atoms with Crippen LogP contribution in [0.4, 0.5) is 0 Å². The maximum absolute atomic E-state index is 12.7. The second kappa shape index (κ2) is 8.60. The van der Waals surface area contributed by atoms with Crippen LogP contribution in [0.1, 0.15) is 36.5 Å². The number of hydrogen-bond donors (Lipinski definition) is 1. The van der Waals surface area contributed by atoms with Gasteiger partial charge in [0.1, 0.15) is 0 Å². The maximum Gasteiger partial charge on any atom is 0.251 e. The highest BCUT2D eigenvalue weighted by Crippen LogP contribution is 2.23. The predicted octanol–water partition coefficient (Wildman–Crippen LogP) is 1.87. The lowest BCUT2D eigenvalue weighted by molar-refractivity contribution is 0.0948. The molecule has 0 aliphatic carbocycles. The molecule has 1 saturated heterocycles. The topological polar surface area (TPSA) is 75.7 Å². The van der Waals surface area contributed by atoms with Gasteiger partial charge in [0, 0.05) is 38.9 Å². The molecule has 0 saturated carbocycles. The fourth-order valence-electron chi connectivity index (χ4n) is 2.81. The van der Waals surface area contributed by atoms with Gasteiger partial charge in [-0.15, -0.1) is 0 Å². The number of nitrogens with zero attached hydrogens (tertiary/aromatic N) is 1. The molecular formula is C17H26N2O4S. The Balaban J connectivity index is 2.01. The lowest BCUT2D eigenvalue weighted by Gasteiger charge is -2.30. The average molecular weight is 354 g/mol. The molecule has 0 bridgehead atoms. The number of benzene rings is 1. The zero-order valence-electron chi connectivity index (χ0n) is 14.3. The van der Waals surface area contributed by atoms with E-state index in [9.17, 15) is 13.2 Å². The second-order valence-corrected chi connectivity index (χ2v) is 8.18. The minimum absolute atomic E-state index is 0.207. The summed E-state index contributed by atoms with van der Waals surface area (Å²) in [5.41, 5.74) is 0.457. The Morgan fingerprint density at radius 3 is 2.67 bits per heavy atom. The molecule has 1 aromatic carbocycles. The standard InChI is InChI=1S/C17H26N2O4S/c1-14-5-3-11-19(13-14)24(21,22)16-8-6-15(7-9-16)17(20)18-10-4-12-23-2/h6-9,14H,3-5,10-13H2,1-2H3,(H,18,20). The number of amides is 1. The van der Waals surface area contributed by atoms with Gasteiger partial charge in [0.25, 0.3) is 5.91 Å². The van der Waals surface area contributed by atoms with Gasteiger partial charge in [-0.05, 0) is 49.4 Å². The van der Waals surface area contributed by atoms with E-state index in [0.717, 1.165) is 19.3 Å². The van der Waals surface area contributed by atoms with Crippen LogP contribution in [0, 0.1) is 5.92 Å². The fourth-order valence-corrected chi connectivity index (χ4v) is 4.41. The van der Waals surface area contributed by atoms with Crippen molar-refractivity contribution in [2.75, 3.05) is 33.4 Å². The fraction of sp³-hybridized carbons (Fsp3) is 0.588. The predicted molar refractivity (Wildman–Crippen MR) is 92.4 cm³/mol. The van der Waals surface area contributed by atoms with Crippen LogP contribution in [0.3, 0.4) is 0 Å². The van der Waals surface area contributed by atoms with Gasteiger partial charge in [-0.25, -0.2) is 8.42 Å². The van der Waals surface area contributed by atoms with E-state index in [0.29, 0.717) is 37.7 Å². The van der Waals surface area contributed by atoms with E-state index < -0.39 is 10.0 Å². The third kappa shape index (κ3) is 4.78. The molecule has 0 radical (unpaired) electrons. The zero-order chi connectivity index (χ0) is 17.6. The highest BCUT2D eigenvalue weighted by atomic mass is 32.2. The van der Waals surface area contributed by atoms with Crippen molar-refractivity contribution in [3.8, 4) is 0 Å². The largest absolute Gasteiger partial charge is 0.385 e. The van der Waals surface area contributed by atoms with E-state index in [1.807, 2.05) is 0 Å². The van der Waals surface area contributed by atoms with Crippen LogP contribution in [0.5, 0.6) is 0 Å². The third-order valence-corrected chi connectivity index (χ3v) is 6.06. The SMILES string of the molecule is COCCCNC(=O)c1ccc(S(=O)(=O)N2CCCC(C)C2)cc1. The summed E-state index contributed by atoms with van der Waals surface area (Å²) >= 11 is 0. The highest BCUT2D eigenvalue weighted by molar-refractivity contribution is 7.89. The Labute approximate surface area is 144 Å². The molecule has 134 valence electrons. The minimum atomic E-state index is -3.48. The summed E-state index contributed by atoms with van der Waals surface area (Å²) in [7, 11) is -1.86. The van der Waals surface area contributed by atoms with Crippen molar-refractivity contribution < 1.29 is 17.9 Å². The average Bonchev–Trinajstić information content (AvgIpc) is 2.58. The van der Waals surface area contributed by atoms with Gasteiger partial charge in [0.05, 0.1) is 4.90 Å². The second-order valence-electron chi connectivity index (χ2n) is 6.24. The van der Waals surface area contributed by atoms with E-state index >= 15 is 0 Å². The number of hydrogen-bond acceptors (Lipinski definition) is 4. The molecular weight excluding hydrogens is 328 g/mol. The number of sulfonamides is 1.